The first-order valence-electron chi connectivity index (χ1n) is 7.02. The summed E-state index contributed by atoms with van der Waals surface area (Å²) < 4.78 is 6.15. The highest BCUT2D eigenvalue weighted by molar-refractivity contribution is 5.37. The number of hydrogen-bond donors (Lipinski definition) is 0. The van der Waals surface area contributed by atoms with Gasteiger partial charge in [-0.25, -0.2) is 0 Å². The predicted molar refractivity (Wildman–Crippen MR) is 74.0 cm³/mol. The molecule has 0 saturated heterocycles. The molecule has 2 aliphatic carbocycles. The molecule has 0 amide bonds. The van der Waals surface area contributed by atoms with Crippen molar-refractivity contribution in [3.63, 3.8) is 0 Å². The van der Waals surface area contributed by atoms with Gasteiger partial charge in [-0.05, 0) is 30.0 Å². The van der Waals surface area contributed by atoms with Gasteiger partial charge in [0.15, 0.2) is 0 Å². The monoisotopic (exact) mass is 251 g/mol. The van der Waals surface area contributed by atoms with Gasteiger partial charge >= 0.3 is 0 Å². The summed E-state index contributed by atoms with van der Waals surface area (Å²) in [5, 5.41) is 0. The third-order valence-electron chi connectivity index (χ3n) is 4.47. The van der Waals surface area contributed by atoms with Crippen LogP contribution in [-0.2, 0) is 11.3 Å². The minimum Gasteiger partial charge on any atom is -0.373 e. The predicted octanol–water partition coefficient (Wildman–Crippen LogP) is 3.64. The van der Waals surface area contributed by atoms with Crippen LogP contribution in [0.4, 0.5) is 0 Å². The number of hydrogen-bond acceptors (Lipinski definition) is 2. The minimum absolute atomic E-state index is 0.377. The number of rotatable bonds is 3. The Morgan fingerprint density at radius 3 is 2.84 bits per heavy atom. The van der Waals surface area contributed by atoms with Gasteiger partial charge in [0.1, 0.15) is 0 Å². The van der Waals surface area contributed by atoms with Crippen LogP contribution in [0.25, 0.3) is 0 Å². The van der Waals surface area contributed by atoms with Crippen LogP contribution >= 0.6 is 0 Å². The van der Waals surface area contributed by atoms with E-state index in [2.05, 4.69) is 35.3 Å². The molecular formula is C17H17NO. The van der Waals surface area contributed by atoms with Crippen molar-refractivity contribution < 1.29 is 4.74 Å². The average molecular weight is 251 g/mol. The zero-order valence-electron chi connectivity index (χ0n) is 10.8. The van der Waals surface area contributed by atoms with E-state index in [9.17, 15) is 0 Å². The van der Waals surface area contributed by atoms with Gasteiger partial charge in [-0.15, -0.1) is 0 Å². The molecule has 0 radical (unpaired) electrons. The number of aromatic nitrogens is 1. The Bertz CT molecular complexity index is 581. The summed E-state index contributed by atoms with van der Waals surface area (Å²) in [4.78, 5) is 4.54. The molecule has 1 saturated carbocycles. The van der Waals surface area contributed by atoms with Gasteiger partial charge in [0, 0.05) is 23.7 Å². The maximum atomic E-state index is 6.15. The molecule has 1 heterocycles. The fourth-order valence-corrected chi connectivity index (χ4v) is 3.60. The summed E-state index contributed by atoms with van der Waals surface area (Å²) in [6, 6.07) is 14.7. The van der Waals surface area contributed by atoms with Crippen LogP contribution in [0, 0.1) is 0 Å². The molecule has 0 N–H and O–H groups in total. The molecule has 0 aliphatic heterocycles. The lowest BCUT2D eigenvalue weighted by Crippen LogP contribution is -2.20. The second-order valence-corrected chi connectivity index (χ2v) is 5.59. The molecule has 1 aromatic carbocycles. The molecular weight excluding hydrogens is 234 g/mol. The number of ether oxygens (including phenoxy) is 1. The quantitative estimate of drug-likeness (QED) is 0.831. The van der Waals surface area contributed by atoms with Gasteiger partial charge in [0.05, 0.1) is 12.7 Å². The fraction of sp³-hybridized carbons (Fsp3) is 0.353. The van der Waals surface area contributed by atoms with E-state index in [1.165, 1.54) is 23.2 Å². The van der Waals surface area contributed by atoms with Gasteiger partial charge in [-0.1, -0.05) is 36.4 Å². The molecule has 2 nitrogen and oxygen atoms in total. The summed E-state index contributed by atoms with van der Waals surface area (Å²) in [6.07, 6.45) is 4.66. The van der Waals surface area contributed by atoms with Crippen molar-refractivity contribution in [2.45, 2.75) is 37.4 Å². The maximum absolute atomic E-state index is 6.15. The zero-order valence-corrected chi connectivity index (χ0v) is 10.8. The maximum Gasteiger partial charge on any atom is 0.0720 e. The Balaban J connectivity index is 1.49. The average Bonchev–Trinajstić information content (AvgIpc) is 3.05. The van der Waals surface area contributed by atoms with Crippen molar-refractivity contribution in [2.75, 3.05) is 0 Å². The van der Waals surface area contributed by atoms with E-state index in [-0.39, 0.29) is 0 Å². The van der Waals surface area contributed by atoms with E-state index in [1.807, 2.05) is 18.3 Å². The Kier molecular flexibility index (Phi) is 2.63. The van der Waals surface area contributed by atoms with Crippen molar-refractivity contribution >= 4 is 0 Å². The smallest absolute Gasteiger partial charge is 0.0720 e. The van der Waals surface area contributed by atoms with Crippen LogP contribution in [-0.4, -0.2) is 11.1 Å². The first-order valence-corrected chi connectivity index (χ1v) is 7.02. The van der Waals surface area contributed by atoms with Gasteiger partial charge < -0.3 is 4.74 Å². The van der Waals surface area contributed by atoms with Crippen LogP contribution in [0.2, 0.25) is 0 Å². The zero-order chi connectivity index (χ0) is 12.7. The summed E-state index contributed by atoms with van der Waals surface area (Å²) in [6.45, 7) is 0.727. The molecule has 96 valence electrons. The highest BCUT2D eigenvalue weighted by Gasteiger charge is 2.45. The lowest BCUT2D eigenvalue weighted by molar-refractivity contribution is 0.0308. The van der Waals surface area contributed by atoms with Crippen LogP contribution in [0.3, 0.4) is 0 Å². The molecule has 19 heavy (non-hydrogen) atoms. The SMILES string of the molecule is c1ccc(CO[C@@H]2C[C@@H]3C[C@H]2c2cccnc23)cc1. The van der Waals surface area contributed by atoms with Crippen LogP contribution in [0.15, 0.2) is 48.7 Å². The third-order valence-corrected chi connectivity index (χ3v) is 4.47. The van der Waals surface area contributed by atoms with Gasteiger partial charge in [-0.2, -0.15) is 0 Å². The summed E-state index contributed by atoms with van der Waals surface area (Å²) in [5.41, 5.74) is 4.01. The molecule has 3 atom stereocenters. The summed E-state index contributed by atoms with van der Waals surface area (Å²) in [7, 11) is 0. The van der Waals surface area contributed by atoms with Crippen LogP contribution in [0.5, 0.6) is 0 Å². The molecule has 2 aliphatic rings. The van der Waals surface area contributed by atoms with E-state index in [1.54, 1.807) is 0 Å². The number of pyridine rings is 1. The van der Waals surface area contributed by atoms with Crippen molar-refractivity contribution in [3.05, 3.63) is 65.5 Å². The van der Waals surface area contributed by atoms with E-state index in [0.717, 1.165) is 13.0 Å². The van der Waals surface area contributed by atoms with E-state index < -0.39 is 0 Å². The summed E-state index contributed by atoms with van der Waals surface area (Å²) >= 11 is 0. The minimum atomic E-state index is 0.377. The van der Waals surface area contributed by atoms with Gasteiger partial charge in [-0.3, -0.25) is 4.98 Å². The molecule has 2 bridgehead atoms. The first-order chi connectivity index (χ1) is 9.42. The van der Waals surface area contributed by atoms with Crippen molar-refractivity contribution in [1.29, 1.82) is 0 Å². The normalized spacial score (nSPS) is 27.5. The fourth-order valence-electron chi connectivity index (χ4n) is 3.60. The van der Waals surface area contributed by atoms with E-state index in [4.69, 9.17) is 4.74 Å². The number of nitrogens with zero attached hydrogens (tertiary/aromatic N) is 1. The Morgan fingerprint density at radius 2 is 1.95 bits per heavy atom. The topological polar surface area (TPSA) is 22.1 Å². The second kappa shape index (κ2) is 4.46. The first kappa shape index (κ1) is 11.2. The van der Waals surface area contributed by atoms with Gasteiger partial charge in [0.2, 0.25) is 0 Å². The molecule has 1 aromatic heterocycles. The largest absolute Gasteiger partial charge is 0.373 e. The standard InChI is InChI=1S/C17H17NO/c1-2-5-12(6-3-1)11-19-16-10-13-9-15(16)14-7-4-8-18-17(13)14/h1-8,13,15-16H,9-11H2/t13-,15-,16+/m0/s1. The molecule has 0 unspecified atom stereocenters. The Morgan fingerprint density at radius 1 is 1.05 bits per heavy atom. The number of fused-ring (bicyclic) bond motifs is 5. The van der Waals surface area contributed by atoms with Crippen LogP contribution in [0.1, 0.15) is 41.5 Å². The molecule has 0 spiro atoms. The molecule has 2 heteroatoms. The van der Waals surface area contributed by atoms with Crippen LogP contribution < -0.4 is 0 Å². The summed E-state index contributed by atoms with van der Waals surface area (Å²) in [5.74, 6) is 1.19. The van der Waals surface area contributed by atoms with E-state index in [0.29, 0.717) is 17.9 Å². The van der Waals surface area contributed by atoms with Crippen molar-refractivity contribution in [1.82, 2.24) is 4.98 Å². The Hall–Kier alpha value is -1.67. The van der Waals surface area contributed by atoms with Gasteiger partial charge in [0.25, 0.3) is 0 Å². The second-order valence-electron chi connectivity index (χ2n) is 5.59. The number of benzene rings is 1. The highest BCUT2D eigenvalue weighted by Crippen LogP contribution is 2.53. The molecule has 1 fully saturated rings. The third kappa shape index (κ3) is 1.87. The molecule has 2 aromatic rings. The van der Waals surface area contributed by atoms with Crippen molar-refractivity contribution in [3.8, 4) is 0 Å². The van der Waals surface area contributed by atoms with E-state index >= 15 is 0 Å². The Labute approximate surface area is 113 Å². The van der Waals surface area contributed by atoms with Crippen molar-refractivity contribution in [2.24, 2.45) is 0 Å². The lowest BCUT2D eigenvalue weighted by Gasteiger charge is -2.24. The lowest BCUT2D eigenvalue weighted by atomic mass is 9.93. The molecule has 4 rings (SSSR count). The highest BCUT2D eigenvalue weighted by atomic mass is 16.5.